The molecule has 4 rings (SSSR count). The highest BCUT2D eigenvalue weighted by Crippen LogP contribution is 2.35. The molecule has 0 saturated carbocycles. The predicted molar refractivity (Wildman–Crippen MR) is 116 cm³/mol. The second kappa shape index (κ2) is 8.70. The minimum Gasteiger partial charge on any atom is -0.386 e. The molecule has 1 atom stereocenters. The van der Waals surface area contributed by atoms with Crippen LogP contribution < -0.4 is 10.2 Å². The third-order valence-electron chi connectivity index (χ3n) is 6.59. The van der Waals surface area contributed by atoms with E-state index in [0.29, 0.717) is 19.5 Å². The van der Waals surface area contributed by atoms with Gasteiger partial charge in [-0.15, -0.1) is 0 Å². The van der Waals surface area contributed by atoms with Crippen molar-refractivity contribution in [3.8, 4) is 0 Å². The van der Waals surface area contributed by atoms with Gasteiger partial charge in [-0.25, -0.2) is 4.98 Å². The van der Waals surface area contributed by atoms with E-state index >= 15 is 0 Å². The highest BCUT2D eigenvalue weighted by molar-refractivity contribution is 5.83. The summed E-state index contributed by atoms with van der Waals surface area (Å²) >= 11 is 0. The van der Waals surface area contributed by atoms with Crippen LogP contribution in [-0.4, -0.2) is 71.3 Å². The Hall–Kier alpha value is -2.51. The van der Waals surface area contributed by atoms with Crippen molar-refractivity contribution in [2.75, 3.05) is 44.7 Å². The van der Waals surface area contributed by atoms with Gasteiger partial charge in [0.2, 0.25) is 5.91 Å². The lowest BCUT2D eigenvalue weighted by Gasteiger charge is -2.40. The van der Waals surface area contributed by atoms with E-state index in [1.54, 1.807) is 18.6 Å². The van der Waals surface area contributed by atoms with Gasteiger partial charge in [-0.05, 0) is 51.4 Å². The number of hydrogen-bond donors (Lipinski definition) is 2. The summed E-state index contributed by atoms with van der Waals surface area (Å²) in [5.74, 6) is 0.821. The second-order valence-electron chi connectivity index (χ2n) is 8.89. The number of amides is 1. The number of benzene rings is 1. The van der Waals surface area contributed by atoms with E-state index in [1.165, 1.54) is 5.56 Å². The molecule has 2 fully saturated rings. The molecule has 1 amide bonds. The van der Waals surface area contributed by atoms with Gasteiger partial charge >= 0.3 is 0 Å². The first-order valence-electron chi connectivity index (χ1n) is 10.7. The zero-order chi connectivity index (χ0) is 21.0. The monoisotopic (exact) mass is 409 g/mol. The number of nitrogens with zero attached hydrogens (tertiary/aromatic N) is 4. The Labute approximate surface area is 178 Å². The van der Waals surface area contributed by atoms with E-state index in [9.17, 15) is 9.90 Å². The normalized spacial score (nSPS) is 24.0. The summed E-state index contributed by atoms with van der Waals surface area (Å²) in [5.41, 5.74) is -0.189. The fraction of sp³-hybridized carbons (Fsp3) is 0.522. The molecule has 1 aromatic heterocycles. The highest BCUT2D eigenvalue weighted by atomic mass is 16.3. The number of hydrogen-bond acceptors (Lipinski definition) is 6. The van der Waals surface area contributed by atoms with Crippen molar-refractivity contribution in [2.24, 2.45) is 5.41 Å². The number of likely N-dealkylation sites (tertiary alicyclic amines) is 1. The molecule has 2 N–H and O–H groups in total. The van der Waals surface area contributed by atoms with E-state index in [0.717, 1.165) is 38.2 Å². The number of β-amino-alcohol motifs (C(OH)–C–C–N with tert-alkyl or cyclic N) is 1. The van der Waals surface area contributed by atoms with Gasteiger partial charge in [-0.2, -0.15) is 0 Å². The van der Waals surface area contributed by atoms with Crippen LogP contribution in [0.5, 0.6) is 0 Å². The van der Waals surface area contributed by atoms with E-state index in [-0.39, 0.29) is 12.5 Å². The minimum absolute atomic E-state index is 0.0610. The average molecular weight is 410 g/mol. The number of carbonyl (C=O) groups excluding carboxylic acids is 1. The highest BCUT2D eigenvalue weighted by Gasteiger charge is 2.43. The summed E-state index contributed by atoms with van der Waals surface area (Å²) in [4.78, 5) is 26.1. The Balaban J connectivity index is 1.41. The predicted octanol–water partition coefficient (Wildman–Crippen LogP) is 1.49. The van der Waals surface area contributed by atoms with E-state index in [4.69, 9.17) is 0 Å². The summed E-state index contributed by atoms with van der Waals surface area (Å²) in [6, 6.07) is 10.2. The van der Waals surface area contributed by atoms with Gasteiger partial charge in [0.1, 0.15) is 11.4 Å². The van der Waals surface area contributed by atoms with Gasteiger partial charge < -0.3 is 20.2 Å². The zero-order valence-corrected chi connectivity index (χ0v) is 17.6. The molecule has 0 aliphatic carbocycles. The standard InChI is InChI=1S/C23H31N5O2/c1-27-12-7-22(8-13-27,15-19-5-3-2-4-6-19)21(29)26-17-23(30)9-14-28(18-23)20-16-24-10-11-25-20/h2-6,10-11,16,30H,7-9,12-15,17-18H2,1H3,(H,26,29)/t23-/m0/s1. The molecule has 2 aliphatic rings. The van der Waals surface area contributed by atoms with Crippen molar-refractivity contribution < 1.29 is 9.90 Å². The van der Waals surface area contributed by atoms with Crippen LogP contribution in [-0.2, 0) is 11.2 Å². The molecular weight excluding hydrogens is 378 g/mol. The molecule has 0 unspecified atom stereocenters. The lowest BCUT2D eigenvalue weighted by molar-refractivity contribution is -0.134. The molecule has 0 bridgehead atoms. The van der Waals surface area contributed by atoms with Gasteiger partial charge in [0, 0.05) is 32.0 Å². The zero-order valence-electron chi connectivity index (χ0n) is 17.6. The number of nitrogens with one attached hydrogen (secondary N) is 1. The molecule has 0 spiro atoms. The first-order chi connectivity index (χ1) is 14.5. The van der Waals surface area contributed by atoms with Gasteiger partial charge in [-0.1, -0.05) is 30.3 Å². The molecule has 2 aliphatic heterocycles. The lowest BCUT2D eigenvalue weighted by atomic mass is 9.73. The number of piperidine rings is 1. The van der Waals surface area contributed by atoms with E-state index in [2.05, 4.69) is 39.4 Å². The van der Waals surface area contributed by atoms with Crippen molar-refractivity contribution in [3.63, 3.8) is 0 Å². The van der Waals surface area contributed by atoms with Crippen molar-refractivity contribution in [1.29, 1.82) is 0 Å². The molecule has 7 nitrogen and oxygen atoms in total. The summed E-state index contributed by atoms with van der Waals surface area (Å²) in [6.07, 6.45) is 7.98. The molecule has 0 radical (unpaired) electrons. The van der Waals surface area contributed by atoms with Crippen molar-refractivity contribution >= 4 is 11.7 Å². The van der Waals surface area contributed by atoms with Crippen LogP contribution in [0.15, 0.2) is 48.9 Å². The number of carbonyl (C=O) groups is 1. The van der Waals surface area contributed by atoms with Crippen molar-refractivity contribution in [1.82, 2.24) is 20.2 Å². The van der Waals surface area contributed by atoms with Crippen LogP contribution in [0.1, 0.15) is 24.8 Å². The molecule has 160 valence electrons. The van der Waals surface area contributed by atoms with E-state index in [1.807, 2.05) is 23.1 Å². The van der Waals surface area contributed by atoms with Gasteiger partial charge in [0.25, 0.3) is 0 Å². The number of aromatic nitrogens is 2. The molecule has 2 aromatic rings. The Morgan fingerprint density at radius 2 is 1.90 bits per heavy atom. The summed E-state index contributed by atoms with van der Waals surface area (Å²) in [7, 11) is 2.10. The van der Waals surface area contributed by atoms with Crippen LogP contribution >= 0.6 is 0 Å². The number of rotatable bonds is 6. The maximum Gasteiger partial charge on any atom is 0.226 e. The minimum atomic E-state index is -0.952. The fourth-order valence-electron chi connectivity index (χ4n) is 4.60. The third kappa shape index (κ3) is 4.63. The third-order valence-corrected chi connectivity index (χ3v) is 6.59. The quantitative estimate of drug-likeness (QED) is 0.752. The van der Waals surface area contributed by atoms with Gasteiger partial charge in [0.15, 0.2) is 0 Å². The summed E-state index contributed by atoms with van der Waals surface area (Å²) < 4.78 is 0. The van der Waals surface area contributed by atoms with Crippen LogP contribution in [0.4, 0.5) is 5.82 Å². The Bertz CT molecular complexity index is 839. The summed E-state index contributed by atoms with van der Waals surface area (Å²) in [6.45, 7) is 3.22. The molecule has 1 aromatic carbocycles. The van der Waals surface area contributed by atoms with Gasteiger partial charge in [0.05, 0.1) is 11.6 Å². The Morgan fingerprint density at radius 1 is 1.13 bits per heavy atom. The number of anilines is 1. The van der Waals surface area contributed by atoms with Crippen LogP contribution in [0.2, 0.25) is 0 Å². The first kappa shape index (κ1) is 20.8. The van der Waals surface area contributed by atoms with Crippen LogP contribution in [0, 0.1) is 5.41 Å². The Kier molecular flexibility index (Phi) is 6.01. The largest absolute Gasteiger partial charge is 0.386 e. The molecule has 2 saturated heterocycles. The molecule has 3 heterocycles. The lowest BCUT2D eigenvalue weighted by Crippen LogP contribution is -2.53. The maximum atomic E-state index is 13.4. The second-order valence-corrected chi connectivity index (χ2v) is 8.89. The van der Waals surface area contributed by atoms with Crippen molar-refractivity contribution in [3.05, 3.63) is 54.5 Å². The molecule has 7 heteroatoms. The maximum absolute atomic E-state index is 13.4. The number of aliphatic hydroxyl groups is 1. The Morgan fingerprint density at radius 3 is 2.60 bits per heavy atom. The SMILES string of the molecule is CN1CCC(Cc2ccccc2)(C(=O)NC[C@@]2(O)CCN(c3cnccn3)C2)CC1. The van der Waals surface area contributed by atoms with E-state index < -0.39 is 11.0 Å². The van der Waals surface area contributed by atoms with Crippen molar-refractivity contribution in [2.45, 2.75) is 31.3 Å². The molecular formula is C23H31N5O2. The first-order valence-corrected chi connectivity index (χ1v) is 10.7. The van der Waals surface area contributed by atoms with Crippen LogP contribution in [0.25, 0.3) is 0 Å². The average Bonchev–Trinajstić information content (AvgIpc) is 3.18. The molecule has 30 heavy (non-hydrogen) atoms. The topological polar surface area (TPSA) is 81.6 Å². The van der Waals surface area contributed by atoms with Crippen LogP contribution in [0.3, 0.4) is 0 Å². The fourth-order valence-corrected chi connectivity index (χ4v) is 4.60. The smallest absolute Gasteiger partial charge is 0.226 e. The van der Waals surface area contributed by atoms with Gasteiger partial charge in [-0.3, -0.25) is 9.78 Å². The summed E-state index contributed by atoms with van der Waals surface area (Å²) in [5, 5.41) is 14.2.